The van der Waals surface area contributed by atoms with Gasteiger partial charge in [-0.15, -0.1) is 0 Å². The van der Waals surface area contributed by atoms with E-state index in [1.165, 1.54) is 19.1 Å². The second-order valence-electron chi connectivity index (χ2n) is 9.12. The van der Waals surface area contributed by atoms with E-state index in [0.717, 1.165) is 18.9 Å². The van der Waals surface area contributed by atoms with Crippen LogP contribution in [0, 0.1) is 18.7 Å². The largest absolute Gasteiger partial charge is 0.365 e. The molecule has 1 saturated carbocycles. The maximum absolute atomic E-state index is 14.7. The number of anilines is 1. The van der Waals surface area contributed by atoms with E-state index >= 15 is 0 Å². The van der Waals surface area contributed by atoms with Gasteiger partial charge in [0.1, 0.15) is 16.9 Å². The summed E-state index contributed by atoms with van der Waals surface area (Å²) in [5, 5.41) is 2.77. The van der Waals surface area contributed by atoms with E-state index in [1.807, 2.05) is 4.90 Å². The Labute approximate surface area is 203 Å². The fourth-order valence-corrected chi connectivity index (χ4v) is 4.41. The summed E-state index contributed by atoms with van der Waals surface area (Å²) in [5.74, 6) is -1.95. The van der Waals surface area contributed by atoms with Crippen molar-refractivity contribution in [3.05, 3.63) is 62.8 Å². The minimum atomic E-state index is -2.94. The fraction of sp³-hybridized carbons (Fsp3) is 0.417. The van der Waals surface area contributed by atoms with Crippen molar-refractivity contribution in [2.75, 3.05) is 31.1 Å². The molecule has 1 amide bonds. The Morgan fingerprint density at radius 2 is 1.89 bits per heavy atom. The third-order valence-electron chi connectivity index (χ3n) is 6.53. The number of fused-ring (bicyclic) bond motifs is 1. The van der Waals surface area contributed by atoms with Gasteiger partial charge in [0.25, 0.3) is 17.9 Å². The van der Waals surface area contributed by atoms with E-state index < -0.39 is 35.2 Å². The molecule has 5 rings (SSSR count). The number of hydrogen-bond acceptors (Lipinski definition) is 6. The number of piperazine rings is 1. The summed E-state index contributed by atoms with van der Waals surface area (Å²) in [6.45, 7) is 2.95. The third kappa shape index (κ3) is 4.77. The first-order chi connectivity index (χ1) is 17.2. The number of aromatic amines is 1. The molecule has 0 spiro atoms. The topological polar surface area (TPSA) is 94.2 Å². The Balaban J connectivity index is 1.31. The molecule has 3 heterocycles. The summed E-state index contributed by atoms with van der Waals surface area (Å²) in [6.07, 6.45) is -1.12. The summed E-state index contributed by atoms with van der Waals surface area (Å²) < 4.78 is 57.4. The van der Waals surface area contributed by atoms with Gasteiger partial charge < -0.3 is 15.2 Å². The predicted octanol–water partition coefficient (Wildman–Crippen LogP) is 3.06. The van der Waals surface area contributed by atoms with Crippen LogP contribution in [-0.4, -0.2) is 58.0 Å². The second kappa shape index (κ2) is 9.49. The average Bonchev–Trinajstić information content (AvgIpc) is 3.65. The molecule has 1 saturated heterocycles. The Hall–Kier alpha value is -3.54. The van der Waals surface area contributed by atoms with Gasteiger partial charge in [-0.1, -0.05) is 0 Å². The number of benzene rings is 1. The molecule has 3 aromatic rings. The first kappa shape index (κ1) is 24.2. The van der Waals surface area contributed by atoms with E-state index in [-0.39, 0.29) is 46.3 Å². The lowest BCUT2D eigenvalue weighted by molar-refractivity contribution is 0.0945. The van der Waals surface area contributed by atoms with Crippen LogP contribution in [0.5, 0.6) is 0 Å². The molecule has 1 aromatic carbocycles. The summed E-state index contributed by atoms with van der Waals surface area (Å²) in [4.78, 5) is 37.7. The molecule has 2 fully saturated rings. The number of carbonyl (C=O) groups excluding carboxylic acids is 1. The summed E-state index contributed by atoms with van der Waals surface area (Å²) in [6, 6.07) is 4.16. The van der Waals surface area contributed by atoms with Crippen LogP contribution in [0.15, 0.2) is 23.0 Å². The van der Waals surface area contributed by atoms with Gasteiger partial charge in [0.15, 0.2) is 5.82 Å². The molecule has 2 aliphatic rings. The van der Waals surface area contributed by atoms with Crippen molar-refractivity contribution in [3.63, 3.8) is 0 Å². The molecule has 0 atom stereocenters. The Morgan fingerprint density at radius 3 is 2.53 bits per heavy atom. The van der Waals surface area contributed by atoms with Gasteiger partial charge >= 0.3 is 0 Å². The molecule has 8 nitrogen and oxygen atoms in total. The van der Waals surface area contributed by atoms with Crippen molar-refractivity contribution in [1.82, 2.24) is 25.2 Å². The van der Waals surface area contributed by atoms with Crippen molar-refractivity contribution in [2.24, 2.45) is 0 Å². The molecule has 190 valence electrons. The Kier molecular flexibility index (Phi) is 6.37. The Morgan fingerprint density at radius 1 is 1.17 bits per heavy atom. The first-order valence-electron chi connectivity index (χ1n) is 11.7. The number of aromatic nitrogens is 3. The quantitative estimate of drug-likeness (QED) is 0.396. The number of pyridine rings is 1. The zero-order valence-corrected chi connectivity index (χ0v) is 19.5. The molecule has 0 unspecified atom stereocenters. The SMILES string of the molecule is Cc1nc2c(F)cc(CN3CCN(c4ccc(C(=O)NC5CC5)nc4F)CC3)c(C(F)F)c2[nH]c1=O. The Bertz CT molecular complexity index is 1380. The van der Waals surface area contributed by atoms with E-state index in [1.54, 1.807) is 4.90 Å². The number of hydrogen-bond donors (Lipinski definition) is 2. The lowest BCUT2D eigenvalue weighted by Gasteiger charge is -2.36. The highest BCUT2D eigenvalue weighted by molar-refractivity contribution is 5.92. The van der Waals surface area contributed by atoms with Crippen LogP contribution in [0.1, 0.15) is 46.6 Å². The number of nitrogens with zero attached hydrogens (tertiary/aromatic N) is 4. The van der Waals surface area contributed by atoms with E-state index in [2.05, 4.69) is 20.3 Å². The van der Waals surface area contributed by atoms with Gasteiger partial charge in [0.2, 0.25) is 5.95 Å². The lowest BCUT2D eigenvalue weighted by Crippen LogP contribution is -2.46. The number of aryl methyl sites for hydroxylation is 1. The van der Waals surface area contributed by atoms with Crippen LogP contribution >= 0.6 is 0 Å². The summed E-state index contributed by atoms with van der Waals surface area (Å²) in [7, 11) is 0. The lowest BCUT2D eigenvalue weighted by atomic mass is 10.0. The minimum Gasteiger partial charge on any atom is -0.365 e. The van der Waals surface area contributed by atoms with Gasteiger partial charge in [-0.05, 0) is 43.5 Å². The maximum Gasteiger partial charge on any atom is 0.270 e. The van der Waals surface area contributed by atoms with Gasteiger partial charge in [-0.2, -0.15) is 4.39 Å². The molecule has 1 aliphatic carbocycles. The van der Waals surface area contributed by atoms with E-state index in [0.29, 0.717) is 26.2 Å². The smallest absolute Gasteiger partial charge is 0.270 e. The van der Waals surface area contributed by atoms with E-state index in [9.17, 15) is 27.2 Å². The highest BCUT2D eigenvalue weighted by atomic mass is 19.3. The monoisotopic (exact) mass is 504 g/mol. The van der Waals surface area contributed by atoms with Crippen molar-refractivity contribution in [2.45, 2.75) is 38.8 Å². The molecular formula is C24H24F4N6O2. The van der Waals surface area contributed by atoms with Crippen molar-refractivity contribution >= 4 is 22.6 Å². The summed E-state index contributed by atoms with van der Waals surface area (Å²) >= 11 is 0. The van der Waals surface area contributed by atoms with Crippen LogP contribution in [-0.2, 0) is 6.54 Å². The first-order valence-corrected chi connectivity index (χ1v) is 11.7. The number of amides is 1. The molecule has 1 aliphatic heterocycles. The van der Waals surface area contributed by atoms with Crippen LogP contribution in [0.4, 0.5) is 23.2 Å². The summed E-state index contributed by atoms with van der Waals surface area (Å²) in [5.41, 5.74) is -1.38. The van der Waals surface area contributed by atoms with Crippen LogP contribution in [0.25, 0.3) is 11.0 Å². The van der Waals surface area contributed by atoms with Crippen molar-refractivity contribution < 1.29 is 22.4 Å². The number of carbonyl (C=O) groups is 1. The highest BCUT2D eigenvalue weighted by Gasteiger charge is 2.27. The van der Waals surface area contributed by atoms with Crippen LogP contribution in [0.2, 0.25) is 0 Å². The fourth-order valence-electron chi connectivity index (χ4n) is 4.41. The maximum atomic E-state index is 14.7. The molecular weight excluding hydrogens is 480 g/mol. The average molecular weight is 504 g/mol. The number of H-pyrrole nitrogens is 1. The third-order valence-corrected chi connectivity index (χ3v) is 6.53. The number of rotatable bonds is 6. The zero-order valence-electron chi connectivity index (χ0n) is 19.5. The van der Waals surface area contributed by atoms with E-state index in [4.69, 9.17) is 0 Å². The van der Waals surface area contributed by atoms with Crippen molar-refractivity contribution in [1.29, 1.82) is 0 Å². The number of halogens is 4. The standard InChI is InChI=1S/C24H24F4N6O2/c1-12-23(35)32-20-18(21(26)27)13(10-15(25)19(20)29-12)11-33-6-8-34(9-7-33)17-5-4-16(31-22(17)28)24(36)30-14-2-3-14/h4-5,10,14,21H,2-3,6-9,11H2,1H3,(H,30,36)(H,32,35). The number of nitrogens with one attached hydrogen (secondary N) is 2. The zero-order chi connectivity index (χ0) is 25.6. The van der Waals surface area contributed by atoms with Gasteiger partial charge in [0, 0.05) is 44.3 Å². The second-order valence-corrected chi connectivity index (χ2v) is 9.12. The van der Waals surface area contributed by atoms with Crippen molar-refractivity contribution in [3.8, 4) is 0 Å². The number of alkyl halides is 2. The minimum absolute atomic E-state index is 0.0104. The molecule has 0 bridgehead atoms. The van der Waals surface area contributed by atoms with Gasteiger partial charge in [-0.25, -0.2) is 23.1 Å². The normalized spacial score (nSPS) is 16.7. The molecule has 0 radical (unpaired) electrons. The van der Waals surface area contributed by atoms with Gasteiger partial charge in [0.05, 0.1) is 11.2 Å². The molecule has 2 aromatic heterocycles. The molecule has 12 heteroatoms. The van der Waals surface area contributed by atoms with Crippen LogP contribution in [0.3, 0.4) is 0 Å². The highest BCUT2D eigenvalue weighted by Crippen LogP contribution is 2.32. The molecule has 36 heavy (non-hydrogen) atoms. The van der Waals surface area contributed by atoms with Gasteiger partial charge in [-0.3, -0.25) is 14.5 Å². The predicted molar refractivity (Wildman–Crippen MR) is 124 cm³/mol. The van der Waals surface area contributed by atoms with Crippen LogP contribution < -0.4 is 15.8 Å². The molecule has 2 N–H and O–H groups in total.